The molecular formula is C9H10N4OS. The van der Waals surface area contributed by atoms with Gasteiger partial charge in [-0.25, -0.2) is 4.98 Å². The van der Waals surface area contributed by atoms with Crippen molar-refractivity contribution in [1.29, 1.82) is 0 Å². The van der Waals surface area contributed by atoms with Gasteiger partial charge in [0.1, 0.15) is 16.5 Å². The Morgan fingerprint density at radius 3 is 3.13 bits per heavy atom. The summed E-state index contributed by atoms with van der Waals surface area (Å²) < 4.78 is 1.66. The fourth-order valence-corrected chi connectivity index (χ4v) is 1.71. The Balaban J connectivity index is 2.08. The van der Waals surface area contributed by atoms with E-state index in [4.69, 9.17) is 0 Å². The molecule has 0 spiro atoms. The van der Waals surface area contributed by atoms with Crippen LogP contribution in [0.15, 0.2) is 17.8 Å². The lowest BCUT2D eigenvalue weighted by Crippen LogP contribution is -2.02. The van der Waals surface area contributed by atoms with Gasteiger partial charge in [-0.3, -0.25) is 9.48 Å². The van der Waals surface area contributed by atoms with Gasteiger partial charge in [0.15, 0.2) is 0 Å². The molecule has 2 rings (SSSR count). The average molecular weight is 222 g/mol. The van der Waals surface area contributed by atoms with Gasteiger partial charge in [-0.1, -0.05) is 5.21 Å². The molecular weight excluding hydrogens is 212 g/mol. The Morgan fingerprint density at radius 2 is 2.47 bits per heavy atom. The van der Waals surface area contributed by atoms with Crippen LogP contribution in [0.5, 0.6) is 0 Å². The van der Waals surface area contributed by atoms with E-state index in [1.165, 1.54) is 11.3 Å². The van der Waals surface area contributed by atoms with Gasteiger partial charge in [-0.2, -0.15) is 0 Å². The van der Waals surface area contributed by atoms with E-state index in [1.807, 2.05) is 11.6 Å². The lowest BCUT2D eigenvalue weighted by atomic mass is 10.3. The van der Waals surface area contributed by atoms with E-state index in [0.717, 1.165) is 10.7 Å². The van der Waals surface area contributed by atoms with Crippen molar-refractivity contribution in [1.82, 2.24) is 20.0 Å². The number of rotatable bonds is 4. The van der Waals surface area contributed by atoms with E-state index < -0.39 is 0 Å². The summed E-state index contributed by atoms with van der Waals surface area (Å²) in [6.45, 7) is 2.15. The number of ketones is 1. The van der Waals surface area contributed by atoms with Crippen LogP contribution >= 0.6 is 11.3 Å². The zero-order chi connectivity index (χ0) is 10.7. The predicted octanol–water partition coefficient (Wildman–Crippen LogP) is 1.38. The van der Waals surface area contributed by atoms with Crippen LogP contribution in [0, 0.1) is 0 Å². The lowest BCUT2D eigenvalue weighted by Gasteiger charge is -1.94. The third-order valence-corrected chi connectivity index (χ3v) is 2.68. The van der Waals surface area contributed by atoms with Gasteiger partial charge in [-0.05, 0) is 6.92 Å². The van der Waals surface area contributed by atoms with Gasteiger partial charge in [-0.15, -0.1) is 16.4 Å². The van der Waals surface area contributed by atoms with Gasteiger partial charge in [0.05, 0.1) is 6.20 Å². The number of carbonyl (C=O) groups excluding carboxylic acids is 1. The number of carbonyl (C=O) groups is 1. The summed E-state index contributed by atoms with van der Waals surface area (Å²) in [7, 11) is 0. The second-order valence-corrected chi connectivity index (χ2v) is 4.05. The van der Waals surface area contributed by atoms with E-state index in [1.54, 1.807) is 17.8 Å². The molecule has 2 aromatic heterocycles. The standard InChI is InChI=1S/C9H10N4OS/c1-7(14)2-4-13-6-8(11-12-13)9-10-3-5-15-9/h3,5-6H,2,4H2,1H3. The van der Waals surface area contributed by atoms with E-state index in [9.17, 15) is 4.79 Å². The zero-order valence-corrected chi connectivity index (χ0v) is 9.07. The highest BCUT2D eigenvalue weighted by atomic mass is 32.1. The molecule has 0 N–H and O–H groups in total. The molecule has 0 radical (unpaired) electrons. The first-order valence-corrected chi connectivity index (χ1v) is 5.43. The Labute approximate surface area is 90.8 Å². The van der Waals surface area contributed by atoms with Crippen molar-refractivity contribution in [2.24, 2.45) is 0 Å². The van der Waals surface area contributed by atoms with Crippen LogP contribution in [0.4, 0.5) is 0 Å². The Hall–Kier alpha value is -1.56. The van der Waals surface area contributed by atoms with Gasteiger partial charge in [0, 0.05) is 24.5 Å². The fraction of sp³-hybridized carbons (Fsp3) is 0.333. The zero-order valence-electron chi connectivity index (χ0n) is 8.25. The summed E-state index contributed by atoms with van der Waals surface area (Å²) in [6.07, 6.45) is 4.02. The second kappa shape index (κ2) is 4.31. The number of hydrogen-bond acceptors (Lipinski definition) is 5. The molecule has 2 aromatic rings. The molecule has 6 heteroatoms. The normalized spacial score (nSPS) is 10.5. The van der Waals surface area contributed by atoms with Crippen molar-refractivity contribution >= 4 is 17.1 Å². The number of thiazole rings is 1. The summed E-state index contributed by atoms with van der Waals surface area (Å²) >= 11 is 1.52. The topological polar surface area (TPSA) is 60.7 Å². The molecule has 0 bridgehead atoms. The molecule has 0 aliphatic carbocycles. The number of aryl methyl sites for hydroxylation is 1. The number of aromatic nitrogens is 4. The molecule has 0 amide bonds. The molecule has 0 saturated carbocycles. The Bertz CT molecular complexity index is 448. The van der Waals surface area contributed by atoms with Crippen molar-refractivity contribution in [3.63, 3.8) is 0 Å². The second-order valence-electron chi connectivity index (χ2n) is 3.16. The minimum atomic E-state index is 0.154. The maximum absolute atomic E-state index is 10.8. The summed E-state index contributed by atoms with van der Waals surface area (Å²) in [4.78, 5) is 14.9. The molecule has 2 heterocycles. The monoisotopic (exact) mass is 222 g/mol. The quantitative estimate of drug-likeness (QED) is 0.784. The minimum Gasteiger partial charge on any atom is -0.300 e. The van der Waals surface area contributed by atoms with Crippen LogP contribution in [0.3, 0.4) is 0 Å². The minimum absolute atomic E-state index is 0.154. The average Bonchev–Trinajstić information content (AvgIpc) is 2.85. The highest BCUT2D eigenvalue weighted by molar-refractivity contribution is 7.13. The van der Waals surface area contributed by atoms with Gasteiger partial charge >= 0.3 is 0 Å². The van der Waals surface area contributed by atoms with Crippen LogP contribution in [0.2, 0.25) is 0 Å². The van der Waals surface area contributed by atoms with Crippen molar-refractivity contribution < 1.29 is 4.79 Å². The molecule has 0 unspecified atom stereocenters. The third-order valence-electron chi connectivity index (χ3n) is 1.88. The largest absolute Gasteiger partial charge is 0.300 e. The SMILES string of the molecule is CC(=O)CCn1cc(-c2nccs2)nn1. The summed E-state index contributed by atoms with van der Waals surface area (Å²) in [6, 6.07) is 0. The molecule has 0 saturated heterocycles. The van der Waals surface area contributed by atoms with Crippen LogP contribution in [-0.4, -0.2) is 25.8 Å². The molecule has 5 nitrogen and oxygen atoms in total. The smallest absolute Gasteiger partial charge is 0.145 e. The third kappa shape index (κ3) is 2.47. The Kier molecular flexibility index (Phi) is 2.86. The first-order valence-electron chi connectivity index (χ1n) is 4.55. The van der Waals surface area contributed by atoms with Crippen molar-refractivity contribution in [2.45, 2.75) is 19.9 Å². The summed E-state index contributed by atoms with van der Waals surface area (Å²) in [5.41, 5.74) is 0.758. The molecule has 78 valence electrons. The van der Waals surface area contributed by atoms with Gasteiger partial charge in [0.2, 0.25) is 0 Å². The van der Waals surface area contributed by atoms with Gasteiger partial charge < -0.3 is 0 Å². The van der Waals surface area contributed by atoms with E-state index in [0.29, 0.717) is 13.0 Å². The molecule has 0 atom stereocenters. The van der Waals surface area contributed by atoms with Crippen LogP contribution in [-0.2, 0) is 11.3 Å². The van der Waals surface area contributed by atoms with E-state index >= 15 is 0 Å². The number of Topliss-reactive ketones (excluding diaryl/α,β-unsaturated/α-hetero) is 1. The molecule has 0 fully saturated rings. The van der Waals surface area contributed by atoms with Crippen LogP contribution < -0.4 is 0 Å². The predicted molar refractivity (Wildman–Crippen MR) is 56.4 cm³/mol. The maximum atomic E-state index is 10.8. The highest BCUT2D eigenvalue weighted by Crippen LogP contribution is 2.18. The van der Waals surface area contributed by atoms with Crippen molar-refractivity contribution in [2.75, 3.05) is 0 Å². The van der Waals surface area contributed by atoms with Crippen molar-refractivity contribution in [3.8, 4) is 10.7 Å². The molecule has 0 aliphatic rings. The maximum Gasteiger partial charge on any atom is 0.145 e. The first-order chi connectivity index (χ1) is 7.25. The van der Waals surface area contributed by atoms with Gasteiger partial charge in [0.25, 0.3) is 0 Å². The number of hydrogen-bond donors (Lipinski definition) is 0. The highest BCUT2D eigenvalue weighted by Gasteiger charge is 2.06. The first kappa shape index (κ1) is 9.97. The summed E-state index contributed by atoms with van der Waals surface area (Å²) in [5.74, 6) is 0.154. The molecule has 0 aliphatic heterocycles. The van der Waals surface area contributed by atoms with E-state index in [-0.39, 0.29) is 5.78 Å². The van der Waals surface area contributed by atoms with Crippen LogP contribution in [0.25, 0.3) is 10.7 Å². The molecule has 15 heavy (non-hydrogen) atoms. The summed E-state index contributed by atoms with van der Waals surface area (Å²) in [5, 5.41) is 10.7. The fourth-order valence-electron chi connectivity index (χ4n) is 1.13. The molecule has 0 aromatic carbocycles. The van der Waals surface area contributed by atoms with E-state index in [2.05, 4.69) is 15.3 Å². The Morgan fingerprint density at radius 1 is 1.60 bits per heavy atom. The lowest BCUT2D eigenvalue weighted by molar-refractivity contribution is -0.117. The number of nitrogens with zero attached hydrogens (tertiary/aromatic N) is 4. The van der Waals surface area contributed by atoms with Crippen molar-refractivity contribution in [3.05, 3.63) is 17.8 Å². The van der Waals surface area contributed by atoms with Crippen LogP contribution in [0.1, 0.15) is 13.3 Å².